The molecule has 2 N–H and O–H groups in total. The first-order valence-corrected chi connectivity index (χ1v) is 13.2. The summed E-state index contributed by atoms with van der Waals surface area (Å²) in [5, 5.41) is 5.81. The fourth-order valence-corrected chi connectivity index (χ4v) is 5.89. The summed E-state index contributed by atoms with van der Waals surface area (Å²) in [5.74, 6) is -0.265. The van der Waals surface area contributed by atoms with Crippen LogP contribution in [0.15, 0.2) is 23.1 Å². The van der Waals surface area contributed by atoms with E-state index in [-0.39, 0.29) is 29.2 Å². The number of sulfonamides is 1. The van der Waals surface area contributed by atoms with E-state index in [1.54, 1.807) is 19.1 Å². The first-order chi connectivity index (χ1) is 15.8. The van der Waals surface area contributed by atoms with Crippen LogP contribution in [0.5, 0.6) is 0 Å². The van der Waals surface area contributed by atoms with E-state index in [0.717, 1.165) is 32.2 Å². The number of amides is 2. The maximum absolute atomic E-state index is 13.1. The van der Waals surface area contributed by atoms with Crippen LogP contribution in [0.1, 0.15) is 38.2 Å². The van der Waals surface area contributed by atoms with Crippen LogP contribution in [0.25, 0.3) is 0 Å². The van der Waals surface area contributed by atoms with Crippen molar-refractivity contribution in [2.45, 2.75) is 44.4 Å². The van der Waals surface area contributed by atoms with Crippen molar-refractivity contribution in [1.82, 2.24) is 14.5 Å². The number of hydrogen-bond donors (Lipinski definition) is 2. The quantitative estimate of drug-likeness (QED) is 0.520. The average Bonchev–Trinajstić information content (AvgIpc) is 2.81. The number of benzene rings is 1. The van der Waals surface area contributed by atoms with E-state index in [2.05, 4.69) is 17.6 Å². The minimum atomic E-state index is -3.66. The Bertz CT molecular complexity index is 931. The second-order valence-corrected chi connectivity index (χ2v) is 10.7. The lowest BCUT2D eigenvalue weighted by atomic mass is 9.97. The first-order valence-electron chi connectivity index (χ1n) is 11.8. The van der Waals surface area contributed by atoms with Gasteiger partial charge in [0.05, 0.1) is 30.6 Å². The normalized spacial score (nSPS) is 20.4. The summed E-state index contributed by atoms with van der Waals surface area (Å²) in [6.45, 7) is 7.39. The zero-order chi connectivity index (χ0) is 23.8. The number of aryl methyl sites for hydroxylation is 1. The molecule has 0 radical (unpaired) electrons. The summed E-state index contributed by atoms with van der Waals surface area (Å²) in [5.41, 5.74) is 1.08. The van der Waals surface area contributed by atoms with Crippen LogP contribution in [-0.2, 0) is 24.3 Å². The van der Waals surface area contributed by atoms with E-state index in [9.17, 15) is 18.0 Å². The smallest absolute Gasteiger partial charge is 0.243 e. The van der Waals surface area contributed by atoms with Gasteiger partial charge in [0.1, 0.15) is 0 Å². The number of nitrogens with zero attached hydrogens (tertiary/aromatic N) is 2. The van der Waals surface area contributed by atoms with Gasteiger partial charge in [-0.3, -0.25) is 14.5 Å². The Hall–Kier alpha value is -2.01. The molecular weight excluding hydrogens is 444 g/mol. The minimum Gasteiger partial charge on any atom is -0.379 e. The number of carbonyl (C=O) groups is 2. The molecule has 33 heavy (non-hydrogen) atoms. The van der Waals surface area contributed by atoms with Gasteiger partial charge in [0.15, 0.2) is 0 Å². The molecule has 1 atom stereocenters. The summed E-state index contributed by atoms with van der Waals surface area (Å²) in [4.78, 5) is 27.3. The lowest BCUT2D eigenvalue weighted by molar-refractivity contribution is -0.127. The van der Waals surface area contributed by atoms with Crippen molar-refractivity contribution in [2.24, 2.45) is 5.92 Å². The SMILES string of the molecule is CCCCNC(=O)C1CCCN(CC(=O)Nc2ccc(C)c(S(=O)(=O)N3CCOCC3)c2)C1. The number of likely N-dealkylation sites (tertiary alicyclic amines) is 1. The topological polar surface area (TPSA) is 108 Å². The molecule has 2 saturated heterocycles. The number of hydrogen-bond acceptors (Lipinski definition) is 6. The zero-order valence-electron chi connectivity index (χ0n) is 19.6. The Balaban J connectivity index is 1.59. The monoisotopic (exact) mass is 480 g/mol. The molecule has 0 aromatic heterocycles. The van der Waals surface area contributed by atoms with Gasteiger partial charge in [-0.1, -0.05) is 19.4 Å². The number of anilines is 1. The molecule has 3 rings (SSSR count). The highest BCUT2D eigenvalue weighted by Gasteiger charge is 2.29. The van der Waals surface area contributed by atoms with Crippen LogP contribution in [-0.4, -0.2) is 81.9 Å². The second kappa shape index (κ2) is 11.9. The molecule has 1 aromatic rings. The summed E-state index contributed by atoms with van der Waals surface area (Å²) in [6.07, 6.45) is 3.69. The van der Waals surface area contributed by atoms with Gasteiger partial charge in [-0.2, -0.15) is 4.31 Å². The average molecular weight is 481 g/mol. The molecule has 0 saturated carbocycles. The highest BCUT2D eigenvalue weighted by molar-refractivity contribution is 7.89. The van der Waals surface area contributed by atoms with Gasteiger partial charge in [0.25, 0.3) is 0 Å². The van der Waals surface area contributed by atoms with Gasteiger partial charge in [-0.25, -0.2) is 8.42 Å². The Morgan fingerprint density at radius 3 is 2.67 bits per heavy atom. The predicted octanol–water partition coefficient (Wildman–Crippen LogP) is 1.58. The summed E-state index contributed by atoms with van der Waals surface area (Å²) in [7, 11) is -3.66. The van der Waals surface area contributed by atoms with Gasteiger partial charge >= 0.3 is 0 Å². The van der Waals surface area contributed by atoms with Crippen molar-refractivity contribution >= 4 is 27.5 Å². The molecule has 0 bridgehead atoms. The van der Waals surface area contributed by atoms with E-state index in [1.807, 2.05) is 4.90 Å². The number of unbranched alkanes of at least 4 members (excludes halogenated alkanes) is 1. The van der Waals surface area contributed by atoms with Crippen molar-refractivity contribution in [2.75, 3.05) is 57.8 Å². The third-order valence-corrected chi connectivity index (χ3v) is 8.17. The first kappa shape index (κ1) is 25.6. The highest BCUT2D eigenvalue weighted by atomic mass is 32.2. The molecule has 0 aliphatic carbocycles. The molecular formula is C23H36N4O5S. The standard InChI is InChI=1S/C23H36N4O5S/c1-3-4-9-24-23(29)19-6-5-10-26(16-19)17-22(28)25-20-8-7-18(2)21(15-20)33(30,31)27-11-13-32-14-12-27/h7-8,15,19H,3-6,9-14,16-17H2,1-2H3,(H,24,29)(H,25,28). The summed E-state index contributed by atoms with van der Waals surface area (Å²) in [6, 6.07) is 4.95. The predicted molar refractivity (Wildman–Crippen MR) is 126 cm³/mol. The third-order valence-electron chi connectivity index (χ3n) is 6.13. The van der Waals surface area contributed by atoms with Crippen LogP contribution in [0.2, 0.25) is 0 Å². The fourth-order valence-electron chi connectivity index (χ4n) is 4.23. The molecule has 10 heteroatoms. The van der Waals surface area contributed by atoms with Gasteiger partial charge in [0, 0.05) is 31.9 Å². The molecule has 1 unspecified atom stereocenters. The lowest BCUT2D eigenvalue weighted by Crippen LogP contribution is -2.45. The zero-order valence-corrected chi connectivity index (χ0v) is 20.5. The van der Waals surface area contributed by atoms with Crippen LogP contribution in [0, 0.1) is 12.8 Å². The number of ether oxygens (including phenoxy) is 1. The maximum Gasteiger partial charge on any atom is 0.243 e. The lowest BCUT2D eigenvalue weighted by Gasteiger charge is -2.31. The molecule has 2 fully saturated rings. The number of rotatable bonds is 9. The fraction of sp³-hybridized carbons (Fsp3) is 0.652. The Kier molecular flexibility index (Phi) is 9.25. The maximum atomic E-state index is 13.1. The van der Waals surface area contributed by atoms with Gasteiger partial charge < -0.3 is 15.4 Å². The third kappa shape index (κ3) is 6.99. The largest absolute Gasteiger partial charge is 0.379 e. The summed E-state index contributed by atoms with van der Waals surface area (Å²) < 4.78 is 32.8. The van der Waals surface area contributed by atoms with Gasteiger partial charge in [-0.15, -0.1) is 0 Å². The molecule has 2 aliphatic heterocycles. The van der Waals surface area contributed by atoms with E-state index in [4.69, 9.17) is 4.74 Å². The van der Waals surface area contributed by atoms with Gasteiger partial charge in [-0.05, 0) is 50.4 Å². The number of nitrogens with one attached hydrogen (secondary N) is 2. The van der Waals surface area contributed by atoms with E-state index in [1.165, 1.54) is 10.4 Å². The Morgan fingerprint density at radius 1 is 1.18 bits per heavy atom. The van der Waals surface area contributed by atoms with Crippen molar-refractivity contribution in [3.63, 3.8) is 0 Å². The molecule has 2 heterocycles. The number of piperidine rings is 1. The molecule has 184 valence electrons. The van der Waals surface area contributed by atoms with Crippen LogP contribution >= 0.6 is 0 Å². The molecule has 1 aromatic carbocycles. The van der Waals surface area contributed by atoms with Crippen molar-refractivity contribution in [3.8, 4) is 0 Å². The molecule has 2 aliphatic rings. The van der Waals surface area contributed by atoms with Crippen molar-refractivity contribution in [1.29, 1.82) is 0 Å². The van der Waals surface area contributed by atoms with Crippen LogP contribution < -0.4 is 10.6 Å². The van der Waals surface area contributed by atoms with E-state index < -0.39 is 10.0 Å². The molecule has 9 nitrogen and oxygen atoms in total. The van der Waals surface area contributed by atoms with Crippen molar-refractivity contribution in [3.05, 3.63) is 23.8 Å². The van der Waals surface area contributed by atoms with Crippen molar-refractivity contribution < 1.29 is 22.7 Å². The Labute approximate surface area is 196 Å². The van der Waals surface area contributed by atoms with E-state index in [0.29, 0.717) is 50.6 Å². The van der Waals surface area contributed by atoms with Crippen LogP contribution in [0.3, 0.4) is 0 Å². The van der Waals surface area contributed by atoms with E-state index >= 15 is 0 Å². The highest BCUT2D eigenvalue weighted by Crippen LogP contribution is 2.24. The molecule has 2 amide bonds. The Morgan fingerprint density at radius 2 is 1.94 bits per heavy atom. The summed E-state index contributed by atoms with van der Waals surface area (Å²) >= 11 is 0. The molecule has 0 spiro atoms. The van der Waals surface area contributed by atoms with Crippen LogP contribution in [0.4, 0.5) is 5.69 Å². The minimum absolute atomic E-state index is 0.0602. The second-order valence-electron chi connectivity index (χ2n) is 8.76. The number of morpholine rings is 1. The number of carbonyl (C=O) groups excluding carboxylic acids is 2. The van der Waals surface area contributed by atoms with Gasteiger partial charge in [0.2, 0.25) is 21.8 Å².